The number of nitrogens with zero attached hydrogens (tertiary/aromatic N) is 4. The number of aryl methyl sites for hydroxylation is 1. The number of carbonyl (C=O) groups excluding carboxylic acids is 1. The van der Waals surface area contributed by atoms with Crippen LogP contribution in [0.1, 0.15) is 34.7 Å². The van der Waals surface area contributed by atoms with Crippen molar-refractivity contribution in [2.75, 3.05) is 18.0 Å². The molecular formula is C18H19N5OS. The van der Waals surface area contributed by atoms with Crippen molar-refractivity contribution in [2.24, 2.45) is 0 Å². The third-order valence-corrected chi connectivity index (χ3v) is 5.11. The number of benzene rings is 1. The Kier molecular flexibility index (Phi) is 4.31. The Bertz CT molecular complexity index is 917. The highest BCUT2D eigenvalue weighted by Crippen LogP contribution is 2.20. The minimum atomic E-state index is -0.122. The lowest BCUT2D eigenvalue weighted by Gasteiger charge is -2.17. The van der Waals surface area contributed by atoms with Crippen molar-refractivity contribution in [3.63, 3.8) is 0 Å². The molecule has 0 saturated carbocycles. The molecule has 0 radical (unpaired) electrons. The Morgan fingerprint density at radius 3 is 2.92 bits per heavy atom. The highest BCUT2D eigenvalue weighted by atomic mass is 32.1. The molecule has 25 heavy (non-hydrogen) atoms. The molecule has 3 heterocycles. The van der Waals surface area contributed by atoms with Crippen molar-refractivity contribution < 1.29 is 4.79 Å². The number of rotatable bonds is 4. The van der Waals surface area contributed by atoms with Gasteiger partial charge in [0.15, 0.2) is 0 Å². The second-order valence-electron chi connectivity index (χ2n) is 6.20. The Balaban J connectivity index is 1.47. The first-order valence-electron chi connectivity index (χ1n) is 8.40. The van der Waals surface area contributed by atoms with Crippen LogP contribution in [0, 0.1) is 6.92 Å². The quantitative estimate of drug-likeness (QED) is 0.781. The van der Waals surface area contributed by atoms with Crippen molar-refractivity contribution >= 4 is 33.3 Å². The summed E-state index contributed by atoms with van der Waals surface area (Å²) in [7, 11) is 0. The smallest absolute Gasteiger partial charge is 0.251 e. The second kappa shape index (κ2) is 6.76. The number of anilines is 1. The predicted octanol–water partition coefficient (Wildman–Crippen LogP) is 2.92. The molecular weight excluding hydrogens is 334 g/mol. The zero-order chi connectivity index (χ0) is 17.2. The molecule has 1 aliphatic heterocycles. The summed E-state index contributed by atoms with van der Waals surface area (Å²) in [6.07, 6.45) is 2.41. The molecule has 4 rings (SSSR count). The summed E-state index contributed by atoms with van der Waals surface area (Å²) in [5.41, 5.74) is 4.25. The molecule has 1 saturated heterocycles. The summed E-state index contributed by atoms with van der Waals surface area (Å²) in [6.45, 7) is 4.36. The van der Waals surface area contributed by atoms with Crippen LogP contribution in [0.4, 0.5) is 5.82 Å². The van der Waals surface area contributed by atoms with Crippen LogP contribution in [0.25, 0.3) is 10.2 Å². The van der Waals surface area contributed by atoms with Crippen molar-refractivity contribution in [2.45, 2.75) is 26.3 Å². The summed E-state index contributed by atoms with van der Waals surface area (Å²) in [4.78, 5) is 28.0. The van der Waals surface area contributed by atoms with Gasteiger partial charge in [-0.25, -0.2) is 15.0 Å². The molecule has 0 aliphatic carbocycles. The summed E-state index contributed by atoms with van der Waals surface area (Å²) < 4.78 is 1.01. The predicted molar refractivity (Wildman–Crippen MR) is 99.0 cm³/mol. The van der Waals surface area contributed by atoms with E-state index < -0.39 is 0 Å². The Hall–Kier alpha value is -2.54. The van der Waals surface area contributed by atoms with Crippen LogP contribution >= 0.6 is 11.3 Å². The third-order valence-electron chi connectivity index (χ3n) is 4.32. The topological polar surface area (TPSA) is 71.0 Å². The average molecular weight is 353 g/mol. The van der Waals surface area contributed by atoms with E-state index in [2.05, 4.69) is 25.2 Å². The van der Waals surface area contributed by atoms with E-state index in [1.165, 1.54) is 24.2 Å². The van der Waals surface area contributed by atoms with E-state index in [9.17, 15) is 4.79 Å². The molecule has 0 atom stereocenters. The highest BCUT2D eigenvalue weighted by Gasteiger charge is 2.15. The van der Waals surface area contributed by atoms with Gasteiger partial charge >= 0.3 is 0 Å². The molecule has 0 spiro atoms. The maximum absolute atomic E-state index is 12.4. The fourth-order valence-corrected chi connectivity index (χ4v) is 3.77. The summed E-state index contributed by atoms with van der Waals surface area (Å²) in [5.74, 6) is 1.48. The lowest BCUT2D eigenvalue weighted by molar-refractivity contribution is 0.0950. The SMILES string of the molecule is Cc1cc(N2CCCC2)nc(CNC(=O)c2ccc3ncsc3c2)n1. The third kappa shape index (κ3) is 3.46. The van der Waals surface area contributed by atoms with Gasteiger partial charge in [0, 0.05) is 30.4 Å². The van der Waals surface area contributed by atoms with Crippen LogP contribution in [-0.4, -0.2) is 33.9 Å². The summed E-state index contributed by atoms with van der Waals surface area (Å²) >= 11 is 1.53. The van der Waals surface area contributed by atoms with Gasteiger partial charge in [-0.15, -0.1) is 11.3 Å². The van der Waals surface area contributed by atoms with Gasteiger partial charge in [-0.05, 0) is 38.0 Å². The maximum atomic E-state index is 12.4. The molecule has 1 aliphatic rings. The molecule has 2 aromatic heterocycles. The highest BCUT2D eigenvalue weighted by molar-refractivity contribution is 7.16. The van der Waals surface area contributed by atoms with Gasteiger partial charge in [0.2, 0.25) is 0 Å². The Labute approximate surface area is 149 Å². The first kappa shape index (κ1) is 16.0. The number of hydrogen-bond acceptors (Lipinski definition) is 6. The van der Waals surface area contributed by atoms with E-state index in [0.717, 1.165) is 34.8 Å². The van der Waals surface area contributed by atoms with Gasteiger partial charge in [0.1, 0.15) is 11.6 Å². The molecule has 1 fully saturated rings. The molecule has 1 N–H and O–H groups in total. The average Bonchev–Trinajstić information content (AvgIpc) is 3.29. The van der Waals surface area contributed by atoms with E-state index >= 15 is 0 Å². The summed E-state index contributed by atoms with van der Waals surface area (Å²) in [6, 6.07) is 7.54. The minimum Gasteiger partial charge on any atom is -0.357 e. The van der Waals surface area contributed by atoms with Crippen molar-refractivity contribution in [1.29, 1.82) is 0 Å². The standard InChI is InChI=1S/C18H19N5OS/c1-12-8-17(23-6-2-3-7-23)22-16(21-12)10-19-18(24)13-4-5-14-15(9-13)25-11-20-14/h4-5,8-9,11H,2-3,6-7,10H2,1H3,(H,19,24). The largest absolute Gasteiger partial charge is 0.357 e. The maximum Gasteiger partial charge on any atom is 0.251 e. The van der Waals surface area contributed by atoms with Crippen LogP contribution in [-0.2, 0) is 6.54 Å². The van der Waals surface area contributed by atoms with E-state index in [1.54, 1.807) is 11.6 Å². The zero-order valence-corrected chi connectivity index (χ0v) is 14.8. The van der Waals surface area contributed by atoms with Crippen LogP contribution in [0.5, 0.6) is 0 Å². The molecule has 1 aromatic carbocycles. The molecule has 1 amide bonds. The Morgan fingerprint density at radius 2 is 2.08 bits per heavy atom. The first-order chi connectivity index (χ1) is 12.2. The van der Waals surface area contributed by atoms with Crippen LogP contribution in [0.2, 0.25) is 0 Å². The lowest BCUT2D eigenvalue weighted by Crippen LogP contribution is -2.25. The Morgan fingerprint density at radius 1 is 1.24 bits per heavy atom. The first-order valence-corrected chi connectivity index (χ1v) is 9.28. The van der Waals surface area contributed by atoms with Gasteiger partial charge in [0.05, 0.1) is 22.3 Å². The van der Waals surface area contributed by atoms with Crippen molar-refractivity contribution in [1.82, 2.24) is 20.3 Å². The van der Waals surface area contributed by atoms with E-state index in [0.29, 0.717) is 17.9 Å². The van der Waals surface area contributed by atoms with E-state index in [1.807, 2.05) is 25.1 Å². The van der Waals surface area contributed by atoms with E-state index in [4.69, 9.17) is 0 Å². The van der Waals surface area contributed by atoms with Crippen LogP contribution < -0.4 is 10.2 Å². The number of amides is 1. The summed E-state index contributed by atoms with van der Waals surface area (Å²) in [5, 5.41) is 2.92. The number of carbonyl (C=O) groups is 1. The van der Waals surface area contributed by atoms with Crippen LogP contribution in [0.3, 0.4) is 0 Å². The number of aromatic nitrogens is 3. The van der Waals surface area contributed by atoms with Gasteiger partial charge in [-0.1, -0.05) is 0 Å². The van der Waals surface area contributed by atoms with Crippen molar-refractivity contribution in [3.8, 4) is 0 Å². The monoisotopic (exact) mass is 353 g/mol. The van der Waals surface area contributed by atoms with Gasteiger partial charge in [-0.2, -0.15) is 0 Å². The van der Waals surface area contributed by atoms with Gasteiger partial charge in [0.25, 0.3) is 5.91 Å². The second-order valence-corrected chi connectivity index (χ2v) is 7.08. The lowest BCUT2D eigenvalue weighted by atomic mass is 10.2. The zero-order valence-electron chi connectivity index (χ0n) is 14.0. The molecule has 128 valence electrons. The van der Waals surface area contributed by atoms with Crippen molar-refractivity contribution in [3.05, 3.63) is 46.9 Å². The number of thiazole rings is 1. The number of fused-ring (bicyclic) bond motifs is 1. The normalized spacial score (nSPS) is 14.2. The molecule has 7 heteroatoms. The molecule has 6 nitrogen and oxygen atoms in total. The number of hydrogen-bond donors (Lipinski definition) is 1. The minimum absolute atomic E-state index is 0.122. The van der Waals surface area contributed by atoms with Gasteiger partial charge < -0.3 is 10.2 Å². The fourth-order valence-electron chi connectivity index (χ4n) is 3.06. The van der Waals surface area contributed by atoms with E-state index in [-0.39, 0.29) is 5.91 Å². The van der Waals surface area contributed by atoms with Crippen LogP contribution in [0.15, 0.2) is 29.8 Å². The van der Waals surface area contributed by atoms with Gasteiger partial charge in [-0.3, -0.25) is 4.79 Å². The fraction of sp³-hybridized carbons (Fsp3) is 0.333. The molecule has 3 aromatic rings. The molecule has 0 unspecified atom stereocenters. The molecule has 0 bridgehead atoms. The number of nitrogens with one attached hydrogen (secondary N) is 1.